The first-order valence-corrected chi connectivity index (χ1v) is 9.26. The summed E-state index contributed by atoms with van der Waals surface area (Å²) >= 11 is 6.27. The van der Waals surface area contributed by atoms with Crippen LogP contribution in [-0.4, -0.2) is 32.0 Å². The highest BCUT2D eigenvalue weighted by atomic mass is 35.5. The summed E-state index contributed by atoms with van der Waals surface area (Å²) < 4.78 is 5.32. The van der Waals surface area contributed by atoms with Gasteiger partial charge in [0.1, 0.15) is 10.8 Å². The lowest BCUT2D eigenvalue weighted by Gasteiger charge is -2.20. The third-order valence-corrected chi connectivity index (χ3v) is 5.33. The van der Waals surface area contributed by atoms with Crippen LogP contribution in [0.2, 0.25) is 0 Å². The van der Waals surface area contributed by atoms with Crippen LogP contribution < -0.4 is 14.5 Å². The first-order valence-electron chi connectivity index (χ1n) is 8.89. The van der Waals surface area contributed by atoms with E-state index in [1.54, 1.807) is 36.4 Å². The molecular weight excluding hydrogens is 364 g/mol. The van der Waals surface area contributed by atoms with Crippen molar-refractivity contribution in [2.24, 2.45) is 0 Å². The maximum atomic E-state index is 13.0. The summed E-state index contributed by atoms with van der Waals surface area (Å²) in [6.07, 6.45) is 2.37. The number of amides is 2. The van der Waals surface area contributed by atoms with E-state index in [1.165, 1.54) is 20.0 Å². The highest BCUT2D eigenvalue weighted by molar-refractivity contribution is 6.60. The minimum atomic E-state index is -0.517. The van der Waals surface area contributed by atoms with Gasteiger partial charge in [-0.1, -0.05) is 29.8 Å². The normalized spacial score (nSPS) is 17.3. The number of para-hydroxylation sites is 1. The van der Waals surface area contributed by atoms with E-state index >= 15 is 0 Å². The van der Waals surface area contributed by atoms with Gasteiger partial charge in [-0.25, -0.2) is 4.90 Å². The summed E-state index contributed by atoms with van der Waals surface area (Å²) in [5, 5.41) is -0.0897. The van der Waals surface area contributed by atoms with Crippen molar-refractivity contribution in [2.75, 3.05) is 30.0 Å². The second kappa shape index (κ2) is 7.08. The first kappa shape index (κ1) is 17.6. The Hall–Kier alpha value is -2.79. The topological polar surface area (TPSA) is 49.9 Å². The lowest BCUT2D eigenvalue weighted by Crippen LogP contribution is -2.31. The number of halogens is 1. The predicted molar refractivity (Wildman–Crippen MR) is 106 cm³/mol. The Bertz CT molecular complexity index is 931. The second-order valence-corrected chi connectivity index (χ2v) is 6.92. The van der Waals surface area contributed by atoms with Crippen LogP contribution in [0.25, 0.3) is 5.57 Å². The van der Waals surface area contributed by atoms with E-state index in [9.17, 15) is 9.59 Å². The smallest absolute Gasteiger partial charge is 0.277 e. The number of ether oxygens (including phenoxy) is 1. The quantitative estimate of drug-likeness (QED) is 0.754. The third kappa shape index (κ3) is 2.98. The van der Waals surface area contributed by atoms with E-state index < -0.39 is 11.8 Å². The molecule has 2 aromatic carbocycles. The minimum Gasteiger partial charge on any atom is -0.496 e. The van der Waals surface area contributed by atoms with Gasteiger partial charge in [0.2, 0.25) is 0 Å². The molecule has 0 aliphatic carbocycles. The Kier molecular flexibility index (Phi) is 4.62. The van der Waals surface area contributed by atoms with Gasteiger partial charge in [0.15, 0.2) is 0 Å². The van der Waals surface area contributed by atoms with Crippen LogP contribution in [0.3, 0.4) is 0 Å². The van der Waals surface area contributed by atoms with Crippen LogP contribution in [-0.2, 0) is 9.59 Å². The van der Waals surface area contributed by atoms with Crippen LogP contribution in [0.15, 0.2) is 53.6 Å². The molecule has 0 N–H and O–H groups in total. The van der Waals surface area contributed by atoms with Gasteiger partial charge in [0.25, 0.3) is 11.8 Å². The van der Waals surface area contributed by atoms with Crippen molar-refractivity contribution in [3.8, 4) is 5.75 Å². The van der Waals surface area contributed by atoms with Crippen molar-refractivity contribution < 1.29 is 14.3 Å². The average Bonchev–Trinajstić information content (AvgIpc) is 3.30. The highest BCUT2D eigenvalue weighted by Crippen LogP contribution is 2.38. The fourth-order valence-electron chi connectivity index (χ4n) is 3.61. The number of imide groups is 1. The van der Waals surface area contributed by atoms with Crippen LogP contribution in [0.1, 0.15) is 18.4 Å². The number of rotatable bonds is 4. The molecule has 0 aromatic heterocycles. The van der Waals surface area contributed by atoms with E-state index in [0.29, 0.717) is 17.0 Å². The lowest BCUT2D eigenvalue weighted by atomic mass is 10.0. The fraction of sp³-hybridized carbons (Fsp3) is 0.238. The highest BCUT2D eigenvalue weighted by Gasteiger charge is 2.40. The summed E-state index contributed by atoms with van der Waals surface area (Å²) in [5.74, 6) is -0.460. The van der Waals surface area contributed by atoms with Crippen LogP contribution in [0.5, 0.6) is 5.75 Å². The molecule has 0 saturated carbocycles. The predicted octanol–water partition coefficient (Wildman–Crippen LogP) is 3.82. The van der Waals surface area contributed by atoms with E-state index in [1.807, 2.05) is 12.1 Å². The number of carbonyl (C=O) groups excluding carboxylic acids is 2. The zero-order valence-corrected chi connectivity index (χ0v) is 15.7. The van der Waals surface area contributed by atoms with Crippen molar-refractivity contribution in [2.45, 2.75) is 12.8 Å². The standard InChI is InChI=1S/C21H19ClN2O3/c1-27-17-7-3-2-6-16(17)18-19(22)21(26)24(20(18)25)15-10-8-14(9-11-15)23-12-4-5-13-23/h2-3,6-11H,4-5,12-13H2,1H3. The molecule has 4 rings (SSSR count). The molecule has 0 radical (unpaired) electrons. The Labute approximate surface area is 162 Å². The van der Waals surface area contributed by atoms with Gasteiger partial charge >= 0.3 is 0 Å². The molecule has 2 amide bonds. The molecule has 1 saturated heterocycles. The third-order valence-electron chi connectivity index (χ3n) is 4.98. The van der Waals surface area contributed by atoms with E-state index in [4.69, 9.17) is 16.3 Å². The Balaban J connectivity index is 1.66. The largest absolute Gasteiger partial charge is 0.496 e. The summed E-state index contributed by atoms with van der Waals surface area (Å²) in [5.41, 5.74) is 2.29. The summed E-state index contributed by atoms with van der Waals surface area (Å²) in [6, 6.07) is 14.5. The summed E-state index contributed by atoms with van der Waals surface area (Å²) in [7, 11) is 1.52. The molecule has 0 spiro atoms. The Morgan fingerprint density at radius 1 is 0.889 bits per heavy atom. The van der Waals surface area contributed by atoms with Gasteiger partial charge in [-0.2, -0.15) is 0 Å². The molecule has 0 bridgehead atoms. The van der Waals surface area contributed by atoms with Crippen molar-refractivity contribution in [3.05, 3.63) is 59.1 Å². The van der Waals surface area contributed by atoms with Crippen LogP contribution in [0.4, 0.5) is 11.4 Å². The summed E-state index contributed by atoms with van der Waals surface area (Å²) in [6.45, 7) is 2.07. The molecule has 2 aliphatic heterocycles. The SMILES string of the molecule is COc1ccccc1C1=C(Cl)C(=O)N(c2ccc(N3CCCC3)cc2)C1=O. The number of anilines is 2. The van der Waals surface area contributed by atoms with Gasteiger partial charge in [0.05, 0.1) is 18.4 Å². The average molecular weight is 383 g/mol. The van der Waals surface area contributed by atoms with Crippen LogP contribution >= 0.6 is 11.6 Å². The molecule has 0 atom stereocenters. The first-order chi connectivity index (χ1) is 13.1. The molecule has 0 unspecified atom stereocenters. The second-order valence-electron chi connectivity index (χ2n) is 6.55. The number of carbonyl (C=O) groups is 2. The van der Waals surface area contributed by atoms with Crippen molar-refractivity contribution in [1.82, 2.24) is 0 Å². The van der Waals surface area contributed by atoms with Gasteiger partial charge in [-0.05, 0) is 43.2 Å². The number of hydrogen-bond donors (Lipinski definition) is 0. The van der Waals surface area contributed by atoms with Gasteiger partial charge in [0, 0.05) is 24.3 Å². The maximum absolute atomic E-state index is 13.0. The fourth-order valence-corrected chi connectivity index (χ4v) is 3.88. The van der Waals surface area contributed by atoms with Crippen molar-refractivity contribution in [3.63, 3.8) is 0 Å². The molecule has 1 fully saturated rings. The van der Waals surface area contributed by atoms with Crippen LogP contribution in [0, 0.1) is 0 Å². The molecule has 138 valence electrons. The molecule has 6 heteroatoms. The number of methoxy groups -OCH3 is 1. The van der Waals surface area contributed by atoms with Crippen molar-refractivity contribution >= 4 is 40.4 Å². The minimum absolute atomic E-state index is 0.0897. The molecular formula is C21H19ClN2O3. The lowest BCUT2D eigenvalue weighted by molar-refractivity contribution is -0.119. The molecule has 27 heavy (non-hydrogen) atoms. The maximum Gasteiger partial charge on any atom is 0.277 e. The molecule has 2 aromatic rings. The zero-order valence-electron chi connectivity index (χ0n) is 14.9. The zero-order chi connectivity index (χ0) is 19.0. The molecule has 2 aliphatic rings. The monoisotopic (exact) mass is 382 g/mol. The van der Waals surface area contributed by atoms with E-state index in [2.05, 4.69) is 4.90 Å². The number of hydrogen-bond acceptors (Lipinski definition) is 4. The number of benzene rings is 2. The Morgan fingerprint density at radius 2 is 1.52 bits per heavy atom. The van der Waals surface area contributed by atoms with E-state index in [-0.39, 0.29) is 10.6 Å². The van der Waals surface area contributed by atoms with Gasteiger partial charge < -0.3 is 9.64 Å². The van der Waals surface area contributed by atoms with E-state index in [0.717, 1.165) is 23.7 Å². The van der Waals surface area contributed by atoms with Gasteiger partial charge in [-0.15, -0.1) is 0 Å². The van der Waals surface area contributed by atoms with Crippen molar-refractivity contribution in [1.29, 1.82) is 0 Å². The summed E-state index contributed by atoms with van der Waals surface area (Å²) in [4.78, 5) is 29.2. The van der Waals surface area contributed by atoms with Gasteiger partial charge in [-0.3, -0.25) is 9.59 Å². The number of nitrogens with zero attached hydrogens (tertiary/aromatic N) is 2. The molecule has 5 nitrogen and oxygen atoms in total. The molecule has 2 heterocycles. The Morgan fingerprint density at radius 3 is 2.19 bits per heavy atom.